The molecule has 2 aromatic carbocycles. The molecule has 1 N–H and O–H groups in total. The minimum atomic E-state index is -0.168. The monoisotopic (exact) mass is 483 g/mol. The van der Waals surface area contributed by atoms with Crippen LogP contribution in [0.2, 0.25) is 5.02 Å². The molecule has 1 unspecified atom stereocenters. The van der Waals surface area contributed by atoms with Gasteiger partial charge in [-0.25, -0.2) is 0 Å². The SMILES string of the molecule is CCCn1c(=O)c2ccc(C(=O)NC(C)CC)cc2n2c(SCc3cccc(Cl)c3)nnc12. The molecule has 1 atom stereocenters. The number of thioether (sulfide) groups is 1. The Bertz CT molecular complexity index is 1380. The molecule has 0 radical (unpaired) electrons. The number of carbonyl (C=O) groups excluding carboxylic acids is 1. The summed E-state index contributed by atoms with van der Waals surface area (Å²) in [5.74, 6) is 0.949. The fourth-order valence-corrected chi connectivity index (χ4v) is 4.72. The number of rotatable bonds is 8. The second-order valence-electron chi connectivity index (χ2n) is 8.01. The molecule has 0 saturated carbocycles. The van der Waals surface area contributed by atoms with E-state index >= 15 is 0 Å². The van der Waals surface area contributed by atoms with Crippen molar-refractivity contribution in [2.24, 2.45) is 0 Å². The zero-order chi connectivity index (χ0) is 23.5. The van der Waals surface area contributed by atoms with Crippen molar-refractivity contribution < 1.29 is 4.79 Å². The van der Waals surface area contributed by atoms with Crippen molar-refractivity contribution in [1.29, 1.82) is 0 Å². The van der Waals surface area contributed by atoms with E-state index in [9.17, 15) is 9.59 Å². The molecule has 0 bridgehead atoms. The third-order valence-corrected chi connectivity index (χ3v) is 6.76. The van der Waals surface area contributed by atoms with Gasteiger partial charge in [-0.3, -0.25) is 18.6 Å². The molecule has 0 aliphatic rings. The first kappa shape index (κ1) is 23.3. The van der Waals surface area contributed by atoms with E-state index in [1.165, 1.54) is 11.8 Å². The van der Waals surface area contributed by atoms with Crippen LogP contribution < -0.4 is 10.9 Å². The standard InChI is InChI=1S/C24H26ClN5O2S/c1-4-11-29-22(32)19-10-9-17(21(31)26-15(3)5-2)13-20(19)30-23(29)27-28-24(30)33-14-16-7-6-8-18(25)12-16/h6-10,12-13,15H,4-5,11,14H2,1-3H3,(H,26,31). The van der Waals surface area contributed by atoms with E-state index in [2.05, 4.69) is 15.5 Å². The van der Waals surface area contributed by atoms with Crippen molar-refractivity contribution in [3.63, 3.8) is 0 Å². The number of carbonyl (C=O) groups is 1. The zero-order valence-corrected chi connectivity index (χ0v) is 20.4. The van der Waals surface area contributed by atoms with Gasteiger partial charge in [0, 0.05) is 28.9 Å². The van der Waals surface area contributed by atoms with Gasteiger partial charge < -0.3 is 5.32 Å². The number of halogens is 1. The molecule has 2 heterocycles. The molecule has 0 spiro atoms. The van der Waals surface area contributed by atoms with Gasteiger partial charge >= 0.3 is 0 Å². The summed E-state index contributed by atoms with van der Waals surface area (Å²) in [4.78, 5) is 26.0. The predicted molar refractivity (Wildman–Crippen MR) is 133 cm³/mol. The van der Waals surface area contributed by atoms with Crippen molar-refractivity contribution in [2.75, 3.05) is 0 Å². The van der Waals surface area contributed by atoms with Crippen molar-refractivity contribution in [2.45, 2.75) is 57.1 Å². The average Bonchev–Trinajstić information content (AvgIpc) is 3.24. The molecule has 1 amide bonds. The normalized spacial score (nSPS) is 12.4. The second-order valence-corrected chi connectivity index (χ2v) is 9.39. The van der Waals surface area contributed by atoms with E-state index in [-0.39, 0.29) is 17.5 Å². The van der Waals surface area contributed by atoms with E-state index in [0.29, 0.717) is 44.7 Å². The fourth-order valence-electron chi connectivity index (χ4n) is 3.63. The van der Waals surface area contributed by atoms with Crippen molar-refractivity contribution in [3.05, 3.63) is 69.0 Å². The number of nitrogens with zero attached hydrogens (tertiary/aromatic N) is 4. The Morgan fingerprint density at radius 1 is 1.18 bits per heavy atom. The first-order valence-corrected chi connectivity index (χ1v) is 12.4. The van der Waals surface area contributed by atoms with Gasteiger partial charge in [-0.15, -0.1) is 10.2 Å². The molecule has 9 heteroatoms. The molecule has 4 aromatic rings. The number of hydrogen-bond donors (Lipinski definition) is 1. The quantitative estimate of drug-likeness (QED) is 0.359. The highest BCUT2D eigenvalue weighted by Crippen LogP contribution is 2.26. The number of aromatic nitrogens is 4. The number of hydrogen-bond acceptors (Lipinski definition) is 5. The van der Waals surface area contributed by atoms with E-state index < -0.39 is 0 Å². The Hall–Kier alpha value is -2.84. The molecule has 0 saturated heterocycles. The molecule has 172 valence electrons. The molecule has 4 rings (SSSR count). The van der Waals surface area contributed by atoms with E-state index in [1.807, 2.05) is 49.4 Å². The lowest BCUT2D eigenvalue weighted by Gasteiger charge is -2.14. The van der Waals surface area contributed by atoms with Crippen LogP contribution in [0.5, 0.6) is 0 Å². The third-order valence-electron chi connectivity index (χ3n) is 5.53. The van der Waals surface area contributed by atoms with Gasteiger partial charge in [-0.2, -0.15) is 0 Å². The topological polar surface area (TPSA) is 81.3 Å². The molecule has 2 aromatic heterocycles. The Balaban J connectivity index is 1.84. The van der Waals surface area contributed by atoms with Crippen LogP contribution in [-0.2, 0) is 12.3 Å². The lowest BCUT2D eigenvalue weighted by Crippen LogP contribution is -2.32. The van der Waals surface area contributed by atoms with Gasteiger partial charge in [0.25, 0.3) is 11.5 Å². The first-order valence-electron chi connectivity index (χ1n) is 11.0. The van der Waals surface area contributed by atoms with Crippen LogP contribution in [0.25, 0.3) is 16.7 Å². The summed E-state index contributed by atoms with van der Waals surface area (Å²) in [6.07, 6.45) is 1.62. The van der Waals surface area contributed by atoms with Crippen LogP contribution in [0.15, 0.2) is 52.4 Å². The largest absolute Gasteiger partial charge is 0.350 e. The smallest absolute Gasteiger partial charge is 0.262 e. The minimum absolute atomic E-state index is 0.0597. The highest BCUT2D eigenvalue weighted by atomic mass is 35.5. The highest BCUT2D eigenvalue weighted by molar-refractivity contribution is 7.98. The third kappa shape index (κ3) is 4.77. The Morgan fingerprint density at radius 3 is 2.73 bits per heavy atom. The zero-order valence-electron chi connectivity index (χ0n) is 18.8. The van der Waals surface area contributed by atoms with Crippen LogP contribution >= 0.6 is 23.4 Å². The lowest BCUT2D eigenvalue weighted by atomic mass is 10.1. The lowest BCUT2D eigenvalue weighted by molar-refractivity contribution is 0.0939. The summed E-state index contributed by atoms with van der Waals surface area (Å²) in [6.45, 7) is 6.53. The van der Waals surface area contributed by atoms with Crippen LogP contribution in [0.1, 0.15) is 49.5 Å². The molecule has 0 fully saturated rings. The summed E-state index contributed by atoms with van der Waals surface area (Å²) in [5.41, 5.74) is 2.05. The maximum Gasteiger partial charge on any atom is 0.262 e. The summed E-state index contributed by atoms with van der Waals surface area (Å²) < 4.78 is 3.53. The van der Waals surface area contributed by atoms with Crippen molar-refractivity contribution in [1.82, 2.24) is 24.5 Å². The summed E-state index contributed by atoms with van der Waals surface area (Å²) in [6, 6.07) is 12.9. The second kappa shape index (κ2) is 9.97. The van der Waals surface area contributed by atoms with E-state index in [1.54, 1.807) is 22.8 Å². The van der Waals surface area contributed by atoms with Crippen LogP contribution in [-0.4, -0.2) is 31.1 Å². The Labute approximate surface area is 201 Å². The summed E-state index contributed by atoms with van der Waals surface area (Å²) in [5, 5.41) is 13.6. The number of nitrogens with one attached hydrogen (secondary N) is 1. The Kier molecular flexibility index (Phi) is 7.05. The molecule has 33 heavy (non-hydrogen) atoms. The first-order chi connectivity index (χ1) is 15.9. The number of aryl methyl sites for hydroxylation is 1. The van der Waals surface area contributed by atoms with Gasteiger partial charge in [0.1, 0.15) is 0 Å². The number of benzene rings is 2. The molecule has 0 aliphatic heterocycles. The number of amides is 1. The van der Waals surface area contributed by atoms with Crippen molar-refractivity contribution >= 4 is 46.0 Å². The highest BCUT2D eigenvalue weighted by Gasteiger charge is 2.19. The molecular formula is C24H26ClN5O2S. The molecule has 0 aliphatic carbocycles. The maximum atomic E-state index is 13.2. The van der Waals surface area contributed by atoms with E-state index in [4.69, 9.17) is 11.6 Å². The van der Waals surface area contributed by atoms with Gasteiger partial charge in [-0.1, -0.05) is 49.3 Å². The molecule has 7 nitrogen and oxygen atoms in total. The van der Waals surface area contributed by atoms with Gasteiger partial charge in [-0.05, 0) is 55.7 Å². The Morgan fingerprint density at radius 2 is 2.00 bits per heavy atom. The maximum absolute atomic E-state index is 13.2. The van der Waals surface area contributed by atoms with E-state index in [0.717, 1.165) is 18.4 Å². The summed E-state index contributed by atoms with van der Waals surface area (Å²) in [7, 11) is 0. The van der Waals surface area contributed by atoms with Gasteiger partial charge in [0.2, 0.25) is 5.78 Å². The predicted octanol–water partition coefficient (Wildman–Crippen LogP) is 4.93. The van der Waals surface area contributed by atoms with Gasteiger partial charge in [0.15, 0.2) is 5.16 Å². The van der Waals surface area contributed by atoms with Gasteiger partial charge in [0.05, 0.1) is 10.9 Å². The van der Waals surface area contributed by atoms with Crippen LogP contribution in [0.3, 0.4) is 0 Å². The fraction of sp³-hybridized carbons (Fsp3) is 0.333. The van der Waals surface area contributed by atoms with Crippen LogP contribution in [0, 0.1) is 0 Å². The van der Waals surface area contributed by atoms with Crippen LogP contribution in [0.4, 0.5) is 0 Å². The number of fused-ring (bicyclic) bond motifs is 3. The summed E-state index contributed by atoms with van der Waals surface area (Å²) >= 11 is 7.64. The van der Waals surface area contributed by atoms with Crippen molar-refractivity contribution in [3.8, 4) is 0 Å². The average molecular weight is 484 g/mol. The minimum Gasteiger partial charge on any atom is -0.350 e. The molecular weight excluding hydrogens is 458 g/mol.